The van der Waals surface area contributed by atoms with E-state index in [9.17, 15) is 0 Å². The molecule has 0 bridgehead atoms. The van der Waals surface area contributed by atoms with E-state index in [1.165, 1.54) is 5.56 Å². The van der Waals surface area contributed by atoms with E-state index in [1.807, 2.05) is 17.7 Å². The van der Waals surface area contributed by atoms with E-state index in [1.54, 1.807) is 0 Å². The fraction of sp³-hybridized carbons (Fsp3) is 0.400. The summed E-state index contributed by atoms with van der Waals surface area (Å²) >= 11 is 0. The van der Waals surface area contributed by atoms with Gasteiger partial charge in [-0.25, -0.2) is 4.68 Å². The number of benzene rings is 1. The van der Waals surface area contributed by atoms with Crippen LogP contribution in [0.25, 0.3) is 0 Å². The predicted octanol–water partition coefficient (Wildman–Crippen LogP) is 3.66. The van der Waals surface area contributed by atoms with E-state index in [-0.39, 0.29) is 0 Å². The van der Waals surface area contributed by atoms with Crippen molar-refractivity contribution in [2.75, 3.05) is 11.1 Å². The van der Waals surface area contributed by atoms with Gasteiger partial charge in [0, 0.05) is 12.2 Å². The summed E-state index contributed by atoms with van der Waals surface area (Å²) in [5.41, 5.74) is 10.1. The molecule has 0 saturated carbocycles. The summed E-state index contributed by atoms with van der Waals surface area (Å²) in [4.78, 5) is 0. The second-order valence-electron chi connectivity index (χ2n) is 5.03. The zero-order valence-corrected chi connectivity index (χ0v) is 12.1. The van der Waals surface area contributed by atoms with Crippen molar-refractivity contribution in [1.82, 2.24) is 9.78 Å². The maximum Gasteiger partial charge on any atom is 0.152 e. The molecule has 0 unspecified atom stereocenters. The lowest BCUT2D eigenvalue weighted by molar-refractivity contribution is 0.661. The van der Waals surface area contributed by atoms with Crippen molar-refractivity contribution in [2.45, 2.75) is 40.2 Å². The minimum atomic E-state index is 0.462. The number of nitrogens with one attached hydrogen (secondary N) is 1. The van der Waals surface area contributed by atoms with Crippen molar-refractivity contribution in [2.24, 2.45) is 0 Å². The second-order valence-corrected chi connectivity index (χ2v) is 5.03. The Hall–Kier alpha value is -1.97. The van der Waals surface area contributed by atoms with Crippen molar-refractivity contribution in [1.29, 1.82) is 0 Å². The van der Waals surface area contributed by atoms with Crippen LogP contribution in [0.3, 0.4) is 0 Å². The summed E-state index contributed by atoms with van der Waals surface area (Å²) in [5.74, 6) is 1.34. The number of nitrogens with zero attached hydrogens (tertiary/aromatic N) is 2. The van der Waals surface area contributed by atoms with Crippen molar-refractivity contribution in [3.8, 4) is 0 Å². The monoisotopic (exact) mass is 258 g/mol. The number of aryl methyl sites for hydroxylation is 2. The molecule has 0 aliphatic rings. The van der Waals surface area contributed by atoms with Crippen LogP contribution >= 0.6 is 0 Å². The van der Waals surface area contributed by atoms with Crippen LogP contribution in [-0.2, 0) is 6.54 Å². The fourth-order valence-corrected chi connectivity index (χ4v) is 2.20. The average molecular weight is 258 g/mol. The molecule has 0 fully saturated rings. The van der Waals surface area contributed by atoms with E-state index in [0.29, 0.717) is 5.92 Å². The molecule has 3 N–H and O–H groups in total. The zero-order chi connectivity index (χ0) is 14.0. The number of nitrogens with two attached hydrogens (primary N) is 1. The average Bonchev–Trinajstić information content (AvgIpc) is 2.67. The number of anilines is 3. The van der Waals surface area contributed by atoms with Crippen molar-refractivity contribution >= 4 is 17.2 Å². The molecule has 1 aromatic heterocycles. The highest BCUT2D eigenvalue weighted by atomic mass is 15.3. The highest BCUT2D eigenvalue weighted by molar-refractivity contribution is 5.72. The van der Waals surface area contributed by atoms with Gasteiger partial charge in [-0.2, -0.15) is 5.10 Å². The lowest BCUT2D eigenvalue weighted by atomic mass is 10.0. The lowest BCUT2D eigenvalue weighted by Crippen LogP contribution is -2.06. The molecule has 0 atom stereocenters. The van der Waals surface area contributed by atoms with Crippen molar-refractivity contribution < 1.29 is 0 Å². The Morgan fingerprint density at radius 3 is 2.63 bits per heavy atom. The predicted molar refractivity (Wildman–Crippen MR) is 80.9 cm³/mol. The van der Waals surface area contributed by atoms with Gasteiger partial charge in [0.25, 0.3) is 0 Å². The van der Waals surface area contributed by atoms with Gasteiger partial charge in [-0.05, 0) is 31.4 Å². The van der Waals surface area contributed by atoms with E-state index in [2.05, 4.69) is 49.4 Å². The fourth-order valence-electron chi connectivity index (χ4n) is 2.20. The first-order valence-corrected chi connectivity index (χ1v) is 6.73. The molecule has 0 spiro atoms. The maximum atomic E-state index is 6.11. The van der Waals surface area contributed by atoms with Crippen LogP contribution in [0.2, 0.25) is 0 Å². The third kappa shape index (κ3) is 2.57. The van der Waals surface area contributed by atoms with Crippen LogP contribution in [0.15, 0.2) is 24.3 Å². The molecule has 1 aromatic carbocycles. The topological polar surface area (TPSA) is 55.9 Å². The number of rotatable bonds is 4. The molecule has 0 radical (unpaired) electrons. The molecule has 102 valence electrons. The van der Waals surface area contributed by atoms with Gasteiger partial charge in [-0.3, -0.25) is 0 Å². The normalized spacial score (nSPS) is 11.0. The Balaban J connectivity index is 2.42. The molecule has 19 heavy (non-hydrogen) atoms. The first-order valence-electron chi connectivity index (χ1n) is 6.73. The summed E-state index contributed by atoms with van der Waals surface area (Å²) < 4.78 is 1.90. The molecule has 0 saturated heterocycles. The van der Waals surface area contributed by atoms with Gasteiger partial charge in [0.15, 0.2) is 5.82 Å². The molecule has 4 heteroatoms. The Kier molecular flexibility index (Phi) is 3.79. The first-order chi connectivity index (χ1) is 9.04. The summed E-state index contributed by atoms with van der Waals surface area (Å²) in [7, 11) is 0. The van der Waals surface area contributed by atoms with Crippen LogP contribution in [0.1, 0.15) is 37.9 Å². The number of hydrogen-bond donors (Lipinski definition) is 2. The molecular formula is C15H22N4. The number of aromatic nitrogens is 2. The summed E-state index contributed by atoms with van der Waals surface area (Å²) in [5, 5.41) is 7.87. The van der Waals surface area contributed by atoms with E-state index < -0.39 is 0 Å². The summed E-state index contributed by atoms with van der Waals surface area (Å²) in [6, 6.07) is 8.32. The largest absolute Gasteiger partial charge is 0.394 e. The molecule has 4 nitrogen and oxygen atoms in total. The van der Waals surface area contributed by atoms with Gasteiger partial charge >= 0.3 is 0 Å². The molecular weight excluding hydrogens is 236 g/mol. The van der Waals surface area contributed by atoms with Crippen molar-refractivity contribution in [3.63, 3.8) is 0 Å². The molecule has 2 aromatic rings. The Morgan fingerprint density at radius 2 is 2.00 bits per heavy atom. The van der Waals surface area contributed by atoms with E-state index in [0.717, 1.165) is 29.4 Å². The van der Waals surface area contributed by atoms with Crippen LogP contribution in [0.4, 0.5) is 17.2 Å². The van der Waals surface area contributed by atoms with Gasteiger partial charge in [-0.1, -0.05) is 32.0 Å². The van der Waals surface area contributed by atoms with Gasteiger partial charge in [0.2, 0.25) is 0 Å². The van der Waals surface area contributed by atoms with Crippen LogP contribution < -0.4 is 11.1 Å². The maximum absolute atomic E-state index is 6.11. The third-order valence-corrected chi connectivity index (χ3v) is 3.31. The number of nitrogen functional groups attached to an aromatic ring is 1. The highest BCUT2D eigenvalue weighted by Gasteiger charge is 2.13. The van der Waals surface area contributed by atoms with Crippen LogP contribution in [-0.4, -0.2) is 9.78 Å². The SMILES string of the molecule is CCn1nc(C)c(N)c1Nc1ccccc1C(C)C. The van der Waals surface area contributed by atoms with Crippen LogP contribution in [0.5, 0.6) is 0 Å². The molecule has 0 amide bonds. The lowest BCUT2D eigenvalue weighted by Gasteiger charge is -2.15. The molecule has 2 rings (SSSR count). The number of para-hydroxylation sites is 1. The van der Waals surface area contributed by atoms with Gasteiger partial charge in [-0.15, -0.1) is 0 Å². The zero-order valence-electron chi connectivity index (χ0n) is 12.1. The smallest absolute Gasteiger partial charge is 0.152 e. The standard InChI is InChI=1S/C15H22N4/c1-5-19-15(14(16)11(4)18-19)17-13-9-7-6-8-12(13)10(2)3/h6-10,17H,5,16H2,1-4H3. The first kappa shape index (κ1) is 13.5. The highest BCUT2D eigenvalue weighted by Crippen LogP contribution is 2.30. The molecule has 1 heterocycles. The molecule has 0 aliphatic heterocycles. The second kappa shape index (κ2) is 5.34. The Labute approximate surface area is 114 Å². The summed E-state index contributed by atoms with van der Waals surface area (Å²) in [6.07, 6.45) is 0. The van der Waals surface area contributed by atoms with E-state index >= 15 is 0 Å². The van der Waals surface area contributed by atoms with Crippen LogP contribution in [0, 0.1) is 6.92 Å². The number of hydrogen-bond acceptors (Lipinski definition) is 3. The van der Waals surface area contributed by atoms with Gasteiger partial charge < -0.3 is 11.1 Å². The summed E-state index contributed by atoms with van der Waals surface area (Å²) in [6.45, 7) is 9.16. The minimum absolute atomic E-state index is 0.462. The van der Waals surface area contributed by atoms with E-state index in [4.69, 9.17) is 5.73 Å². The van der Waals surface area contributed by atoms with Crippen molar-refractivity contribution in [3.05, 3.63) is 35.5 Å². The minimum Gasteiger partial charge on any atom is -0.394 e. The third-order valence-electron chi connectivity index (χ3n) is 3.31. The Bertz CT molecular complexity index is 570. The van der Waals surface area contributed by atoms with Gasteiger partial charge in [0.1, 0.15) is 0 Å². The van der Waals surface area contributed by atoms with Gasteiger partial charge in [0.05, 0.1) is 11.4 Å². The Morgan fingerprint density at radius 1 is 1.32 bits per heavy atom. The molecule has 0 aliphatic carbocycles. The quantitative estimate of drug-likeness (QED) is 0.880.